The molecule has 0 fully saturated rings. The van der Waals surface area contributed by atoms with Gasteiger partial charge in [0.05, 0.1) is 5.69 Å². The molecule has 0 bridgehead atoms. The van der Waals surface area contributed by atoms with Crippen molar-refractivity contribution in [3.8, 4) is 0 Å². The van der Waals surface area contributed by atoms with Crippen LogP contribution in [0, 0.1) is 0 Å². The van der Waals surface area contributed by atoms with Gasteiger partial charge in [0.15, 0.2) is 0 Å². The smallest absolute Gasteiger partial charge is 0.258 e. The summed E-state index contributed by atoms with van der Waals surface area (Å²) in [6.45, 7) is 0. The molecule has 0 saturated heterocycles. The number of benzene rings is 1. The zero-order chi connectivity index (χ0) is 13.4. The van der Waals surface area contributed by atoms with Gasteiger partial charge in [-0.05, 0) is 41.7 Å². The summed E-state index contributed by atoms with van der Waals surface area (Å²) < 4.78 is 0. The molecule has 0 atom stereocenters. The molecule has 19 heavy (non-hydrogen) atoms. The second-order valence-corrected chi connectivity index (χ2v) is 4.51. The van der Waals surface area contributed by atoms with E-state index in [2.05, 4.69) is 0 Å². The molecule has 4 nitrogen and oxygen atoms in total. The Labute approximate surface area is 110 Å². The molecule has 1 aliphatic carbocycles. The van der Waals surface area contributed by atoms with Crippen molar-refractivity contribution in [2.45, 2.75) is 12.8 Å². The van der Waals surface area contributed by atoms with Crippen LogP contribution in [0.3, 0.4) is 0 Å². The van der Waals surface area contributed by atoms with Crippen LogP contribution in [0.15, 0.2) is 42.0 Å². The van der Waals surface area contributed by atoms with Crippen molar-refractivity contribution in [1.82, 2.24) is 0 Å². The molecular formula is C15H11NO3. The van der Waals surface area contributed by atoms with Crippen molar-refractivity contribution in [2.75, 3.05) is 4.90 Å². The van der Waals surface area contributed by atoms with E-state index in [0.717, 1.165) is 40.7 Å². The van der Waals surface area contributed by atoms with Crippen LogP contribution in [-0.4, -0.2) is 18.1 Å². The van der Waals surface area contributed by atoms with Gasteiger partial charge < -0.3 is 0 Å². The predicted molar refractivity (Wildman–Crippen MR) is 70.3 cm³/mol. The molecule has 0 N–H and O–H groups in total. The average molecular weight is 253 g/mol. The van der Waals surface area contributed by atoms with Crippen molar-refractivity contribution >= 4 is 29.4 Å². The van der Waals surface area contributed by atoms with Crippen molar-refractivity contribution in [3.05, 3.63) is 47.6 Å². The summed E-state index contributed by atoms with van der Waals surface area (Å²) in [4.78, 5) is 35.0. The zero-order valence-corrected chi connectivity index (χ0v) is 10.1. The largest absolute Gasteiger partial charge is 0.298 e. The van der Waals surface area contributed by atoms with E-state index in [1.165, 1.54) is 12.2 Å². The number of carbonyl (C=O) groups excluding carboxylic acids is 3. The molecule has 1 aromatic rings. The number of aldehydes is 1. The maximum atomic E-state index is 11.5. The van der Waals surface area contributed by atoms with Gasteiger partial charge in [0, 0.05) is 12.2 Å². The average Bonchev–Trinajstić information content (AvgIpc) is 2.70. The monoisotopic (exact) mass is 253 g/mol. The number of carbonyl (C=O) groups is 3. The number of nitrogens with zero attached hydrogens (tertiary/aromatic N) is 1. The lowest BCUT2D eigenvalue weighted by atomic mass is 9.84. The molecule has 3 rings (SSSR count). The zero-order valence-electron chi connectivity index (χ0n) is 10.1. The maximum absolute atomic E-state index is 11.5. The molecule has 0 saturated carbocycles. The minimum absolute atomic E-state index is 0.325. The molecule has 0 spiro atoms. The summed E-state index contributed by atoms with van der Waals surface area (Å²) >= 11 is 0. The second kappa shape index (κ2) is 4.31. The van der Waals surface area contributed by atoms with Crippen LogP contribution in [0.1, 0.15) is 18.4 Å². The first-order valence-corrected chi connectivity index (χ1v) is 6.04. The number of hydrogen-bond acceptors (Lipinski definition) is 3. The van der Waals surface area contributed by atoms with E-state index in [4.69, 9.17) is 0 Å². The van der Waals surface area contributed by atoms with Crippen molar-refractivity contribution in [1.29, 1.82) is 0 Å². The molecule has 0 radical (unpaired) electrons. The summed E-state index contributed by atoms with van der Waals surface area (Å²) in [7, 11) is 0. The van der Waals surface area contributed by atoms with E-state index < -0.39 is 0 Å². The van der Waals surface area contributed by atoms with E-state index in [9.17, 15) is 14.4 Å². The molecule has 2 amide bonds. The van der Waals surface area contributed by atoms with Gasteiger partial charge in [-0.3, -0.25) is 14.4 Å². The highest BCUT2D eigenvalue weighted by Gasteiger charge is 2.25. The SMILES string of the molecule is O=CC1=C(c2ccc(N3C(=O)C=CC3=O)cc2)CC1. The number of allylic oxidation sites excluding steroid dienone is 2. The van der Waals surface area contributed by atoms with Crippen LogP contribution in [0.5, 0.6) is 0 Å². The Kier molecular flexibility index (Phi) is 2.63. The van der Waals surface area contributed by atoms with Crippen LogP contribution in [-0.2, 0) is 14.4 Å². The van der Waals surface area contributed by atoms with Gasteiger partial charge in [-0.1, -0.05) is 12.1 Å². The molecule has 1 heterocycles. The Morgan fingerprint density at radius 2 is 1.58 bits per heavy atom. The lowest BCUT2D eigenvalue weighted by molar-refractivity contribution is -0.120. The molecule has 1 aromatic carbocycles. The molecule has 2 aliphatic rings. The fourth-order valence-electron chi connectivity index (χ4n) is 2.32. The van der Waals surface area contributed by atoms with E-state index in [1.807, 2.05) is 12.1 Å². The summed E-state index contributed by atoms with van der Waals surface area (Å²) in [6, 6.07) is 7.14. The van der Waals surface area contributed by atoms with E-state index in [0.29, 0.717) is 5.69 Å². The minimum Gasteiger partial charge on any atom is -0.298 e. The van der Waals surface area contributed by atoms with Gasteiger partial charge in [0.25, 0.3) is 11.8 Å². The van der Waals surface area contributed by atoms with E-state index >= 15 is 0 Å². The van der Waals surface area contributed by atoms with Gasteiger partial charge in [-0.2, -0.15) is 0 Å². The van der Waals surface area contributed by atoms with Crippen molar-refractivity contribution < 1.29 is 14.4 Å². The summed E-state index contributed by atoms with van der Waals surface area (Å²) in [5.41, 5.74) is 3.42. The highest BCUT2D eigenvalue weighted by Crippen LogP contribution is 2.35. The lowest BCUT2D eigenvalue weighted by Gasteiger charge is -2.21. The highest BCUT2D eigenvalue weighted by molar-refractivity contribution is 6.28. The first kappa shape index (κ1) is 11.6. The van der Waals surface area contributed by atoms with Crippen LogP contribution in [0.2, 0.25) is 0 Å². The Balaban J connectivity index is 1.90. The van der Waals surface area contributed by atoms with Crippen LogP contribution in [0.4, 0.5) is 5.69 Å². The van der Waals surface area contributed by atoms with Gasteiger partial charge >= 0.3 is 0 Å². The first-order chi connectivity index (χ1) is 9.20. The molecular weight excluding hydrogens is 242 g/mol. The topological polar surface area (TPSA) is 54.5 Å². The summed E-state index contributed by atoms with van der Waals surface area (Å²) in [6.07, 6.45) is 5.14. The quantitative estimate of drug-likeness (QED) is 0.610. The Morgan fingerprint density at radius 3 is 2.05 bits per heavy atom. The summed E-state index contributed by atoms with van der Waals surface area (Å²) in [5, 5.41) is 0. The van der Waals surface area contributed by atoms with Gasteiger partial charge in [-0.25, -0.2) is 4.90 Å². The highest BCUT2D eigenvalue weighted by atomic mass is 16.2. The fraction of sp³-hybridized carbons (Fsp3) is 0.133. The molecule has 1 aliphatic heterocycles. The standard InChI is InChI=1S/C15H11NO3/c17-9-11-3-6-13(11)10-1-4-12(5-2-10)16-14(18)7-8-15(16)19/h1-2,4-5,7-9H,3,6H2. The number of hydrogen-bond donors (Lipinski definition) is 0. The normalized spacial score (nSPS) is 18.0. The van der Waals surface area contributed by atoms with Crippen LogP contribution < -0.4 is 4.90 Å². The number of rotatable bonds is 3. The Hall–Kier alpha value is -2.49. The lowest BCUT2D eigenvalue weighted by Crippen LogP contribution is -2.29. The number of amides is 2. The molecule has 0 aromatic heterocycles. The second-order valence-electron chi connectivity index (χ2n) is 4.51. The van der Waals surface area contributed by atoms with Gasteiger partial charge in [0.1, 0.15) is 6.29 Å². The molecule has 0 unspecified atom stereocenters. The minimum atomic E-state index is -0.325. The van der Waals surface area contributed by atoms with Crippen molar-refractivity contribution in [2.24, 2.45) is 0 Å². The predicted octanol–water partition coefficient (Wildman–Crippen LogP) is 1.86. The Bertz CT molecular complexity index is 620. The van der Waals surface area contributed by atoms with Crippen LogP contribution in [0.25, 0.3) is 5.57 Å². The maximum Gasteiger partial charge on any atom is 0.258 e. The van der Waals surface area contributed by atoms with Crippen LogP contribution >= 0.6 is 0 Å². The number of imide groups is 1. The first-order valence-electron chi connectivity index (χ1n) is 6.04. The third kappa shape index (κ3) is 1.81. The van der Waals surface area contributed by atoms with Gasteiger partial charge in [-0.15, -0.1) is 0 Å². The molecule has 4 heteroatoms. The third-order valence-corrected chi connectivity index (χ3v) is 3.46. The van der Waals surface area contributed by atoms with Crippen molar-refractivity contribution in [3.63, 3.8) is 0 Å². The van der Waals surface area contributed by atoms with E-state index in [1.54, 1.807) is 12.1 Å². The van der Waals surface area contributed by atoms with E-state index in [-0.39, 0.29) is 11.8 Å². The third-order valence-electron chi connectivity index (χ3n) is 3.46. The Morgan fingerprint density at radius 1 is 0.947 bits per heavy atom. The molecule has 94 valence electrons. The fourth-order valence-corrected chi connectivity index (χ4v) is 2.32. The summed E-state index contributed by atoms with van der Waals surface area (Å²) in [5.74, 6) is -0.650. The van der Waals surface area contributed by atoms with Gasteiger partial charge in [0.2, 0.25) is 0 Å². The number of anilines is 1.